The van der Waals surface area contributed by atoms with Gasteiger partial charge in [0.1, 0.15) is 0 Å². The van der Waals surface area contributed by atoms with Gasteiger partial charge in [0.05, 0.1) is 0 Å². The summed E-state index contributed by atoms with van der Waals surface area (Å²) in [5.74, 6) is 0. The van der Waals surface area contributed by atoms with Gasteiger partial charge >= 0.3 is 26.2 Å². The second-order valence-corrected chi connectivity index (χ2v) is 5.49. The van der Waals surface area contributed by atoms with Gasteiger partial charge in [-0.1, -0.05) is 61.3 Å². The van der Waals surface area contributed by atoms with Crippen LogP contribution in [0.25, 0.3) is 32.3 Å². The largest absolute Gasteiger partial charge is 2.00 e. The fourth-order valence-corrected chi connectivity index (χ4v) is 3.07. The Morgan fingerprint density at radius 2 is 1.39 bits per heavy atom. The molecule has 0 heterocycles. The Morgan fingerprint density at radius 3 is 2.00 bits per heavy atom. The van der Waals surface area contributed by atoms with E-state index in [4.69, 9.17) is 0 Å². The van der Waals surface area contributed by atoms with E-state index < -0.39 is 0 Å². The van der Waals surface area contributed by atoms with Gasteiger partial charge in [-0.25, -0.2) is 12.2 Å². The summed E-state index contributed by atoms with van der Waals surface area (Å²) in [6.07, 6.45) is 10.0. The molecule has 0 radical (unpaired) electrons. The summed E-state index contributed by atoms with van der Waals surface area (Å²) in [7, 11) is 0. The van der Waals surface area contributed by atoms with Crippen LogP contribution >= 0.6 is 0 Å². The first kappa shape index (κ1) is 31.4. The molecule has 0 saturated carbocycles. The van der Waals surface area contributed by atoms with Gasteiger partial charge in [-0.2, -0.15) is 6.08 Å². The number of benzene rings is 3. The fraction of sp³-hybridized carbons (Fsp3) is 0.0800. The molecule has 0 bridgehead atoms. The number of fused-ring (bicyclic) bond motifs is 5. The summed E-state index contributed by atoms with van der Waals surface area (Å²) in [6.45, 7) is 0. The van der Waals surface area contributed by atoms with Crippen molar-refractivity contribution >= 4 is 32.3 Å². The van der Waals surface area contributed by atoms with E-state index in [1.165, 1.54) is 32.3 Å². The van der Waals surface area contributed by atoms with E-state index in [-0.39, 0.29) is 73.3 Å². The van der Waals surface area contributed by atoms with Crippen LogP contribution in [-0.4, -0.2) is 0 Å². The van der Waals surface area contributed by atoms with Crippen molar-refractivity contribution in [3.05, 3.63) is 106 Å². The molecule has 5 rings (SSSR count). The van der Waals surface area contributed by atoms with E-state index in [1.54, 1.807) is 0 Å². The van der Waals surface area contributed by atoms with Crippen LogP contribution in [0.1, 0.15) is 13.8 Å². The van der Waals surface area contributed by atoms with Crippen molar-refractivity contribution in [2.75, 3.05) is 0 Å². The number of allylic oxidation sites excluding steroid dienone is 4. The predicted octanol–water partition coefficient (Wildman–Crippen LogP) is 1.71. The Bertz CT molecular complexity index is 997. The fourth-order valence-electron chi connectivity index (χ4n) is 3.07. The van der Waals surface area contributed by atoms with Crippen molar-refractivity contribution in [3.63, 3.8) is 0 Å². The Balaban J connectivity index is -0.000000509. The van der Waals surface area contributed by atoms with Crippen LogP contribution in [0.2, 0.25) is 0 Å². The minimum absolute atomic E-state index is 0. The average Bonchev–Trinajstić information content (AvgIpc) is 3.25. The van der Waals surface area contributed by atoms with Gasteiger partial charge in [0.15, 0.2) is 0 Å². The van der Waals surface area contributed by atoms with Gasteiger partial charge in [-0.3, -0.25) is 6.08 Å². The van der Waals surface area contributed by atoms with Crippen molar-refractivity contribution < 1.29 is 51.0 Å². The number of rotatable bonds is 0. The van der Waals surface area contributed by atoms with Gasteiger partial charge in [-0.15, -0.1) is 46.2 Å². The topological polar surface area (TPSA) is 0 Å². The zero-order valence-corrected chi connectivity index (χ0v) is 19.5. The molecule has 4 aromatic rings. The molecule has 0 aliphatic heterocycles. The summed E-state index contributed by atoms with van der Waals surface area (Å²) in [5.41, 5.74) is 0. The minimum Gasteiger partial charge on any atom is -1.00 e. The van der Waals surface area contributed by atoms with E-state index in [9.17, 15) is 0 Å². The normalized spacial score (nSPS) is 10.1. The molecular weight excluding hydrogens is 462 g/mol. The molecule has 0 N–H and O–H groups in total. The predicted molar refractivity (Wildman–Crippen MR) is 116 cm³/mol. The van der Waals surface area contributed by atoms with E-state index in [0.29, 0.717) is 0 Å². The minimum atomic E-state index is 0. The molecule has 0 spiro atoms. The Kier molecular flexibility index (Phi) is 16.5. The average molecular weight is 489 g/mol. The maximum absolute atomic E-state index is 2.99. The molecule has 0 atom stereocenters. The zero-order chi connectivity index (χ0) is 14.8. The van der Waals surface area contributed by atoms with Crippen molar-refractivity contribution in [1.82, 2.24) is 0 Å². The molecule has 0 fully saturated rings. The molecule has 0 aromatic heterocycles. The van der Waals surface area contributed by atoms with E-state index in [2.05, 4.69) is 78.9 Å². The molecule has 0 amide bonds. The Labute approximate surface area is 202 Å². The summed E-state index contributed by atoms with van der Waals surface area (Å²) < 4.78 is 0. The van der Waals surface area contributed by atoms with Crippen LogP contribution < -0.4 is 24.8 Å². The molecule has 148 valence electrons. The number of hydrogen-bond acceptors (Lipinski definition) is 0. The van der Waals surface area contributed by atoms with E-state index in [0.717, 1.165) is 6.42 Å². The monoisotopic (exact) mass is 486 g/mol. The molecule has 0 saturated heterocycles. The SMILES string of the molecule is C.[C-]1=CC=CC1.[CH3-].[CH3-].[Cl-].[Cl-].[Zr+2].c1ccc2c(c1)ccc1[cH-]c3ccccc3c12. The van der Waals surface area contributed by atoms with E-state index in [1.807, 2.05) is 12.2 Å². The summed E-state index contributed by atoms with van der Waals surface area (Å²) >= 11 is 0. The molecule has 1 aliphatic rings. The second kappa shape index (κ2) is 14.7. The van der Waals surface area contributed by atoms with Crippen LogP contribution in [-0.2, 0) is 26.2 Å². The van der Waals surface area contributed by atoms with Crippen molar-refractivity contribution in [1.29, 1.82) is 0 Å². The first-order chi connectivity index (χ1) is 10.9. The molecule has 4 aromatic carbocycles. The maximum Gasteiger partial charge on any atom is 2.00 e. The van der Waals surface area contributed by atoms with Crippen molar-refractivity contribution in [3.8, 4) is 0 Å². The van der Waals surface area contributed by atoms with Crippen LogP contribution in [0, 0.1) is 20.9 Å². The molecule has 0 nitrogen and oxygen atoms in total. The van der Waals surface area contributed by atoms with Gasteiger partial charge < -0.3 is 39.7 Å². The molecule has 28 heavy (non-hydrogen) atoms. The van der Waals surface area contributed by atoms with Crippen LogP contribution in [0.4, 0.5) is 0 Å². The van der Waals surface area contributed by atoms with Crippen molar-refractivity contribution in [2.24, 2.45) is 0 Å². The van der Waals surface area contributed by atoms with Gasteiger partial charge in [0, 0.05) is 0 Å². The van der Waals surface area contributed by atoms with Gasteiger partial charge in [0.2, 0.25) is 0 Å². The summed E-state index contributed by atoms with van der Waals surface area (Å²) in [4.78, 5) is 0. The van der Waals surface area contributed by atoms with Crippen LogP contribution in [0.15, 0.2) is 85.0 Å². The van der Waals surface area contributed by atoms with Gasteiger partial charge in [0.25, 0.3) is 0 Å². The molecular formula is C25H26Cl2Zr-4. The molecule has 3 heteroatoms. The molecule has 1 aliphatic carbocycles. The summed E-state index contributed by atoms with van der Waals surface area (Å²) in [5, 5.41) is 8.09. The maximum atomic E-state index is 2.99. The summed E-state index contributed by atoms with van der Waals surface area (Å²) in [6, 6.07) is 23.9. The van der Waals surface area contributed by atoms with E-state index >= 15 is 0 Å². The zero-order valence-electron chi connectivity index (χ0n) is 15.5. The third-order valence-corrected chi connectivity index (χ3v) is 4.09. The third-order valence-electron chi connectivity index (χ3n) is 4.09. The van der Waals surface area contributed by atoms with Crippen molar-refractivity contribution in [2.45, 2.75) is 13.8 Å². The van der Waals surface area contributed by atoms with Crippen LogP contribution in [0.3, 0.4) is 0 Å². The van der Waals surface area contributed by atoms with Gasteiger partial charge in [-0.05, 0) is 5.39 Å². The Hall–Kier alpha value is -1.27. The van der Waals surface area contributed by atoms with Crippen LogP contribution in [0.5, 0.6) is 0 Å². The number of hydrogen-bond donors (Lipinski definition) is 0. The smallest absolute Gasteiger partial charge is 1.00 e. The Morgan fingerprint density at radius 1 is 0.750 bits per heavy atom. The molecule has 0 unspecified atom stereocenters. The number of halogens is 2. The quantitative estimate of drug-likeness (QED) is 0.331. The first-order valence-corrected chi connectivity index (χ1v) is 7.61. The first-order valence-electron chi connectivity index (χ1n) is 7.61. The standard InChI is InChI=1S/C17H11.C5H5.CH4.2CH3.2ClH.Zr/c1-3-7-15-12(5-1)9-10-14-11-13-6-2-4-8-16(13)17(14)15;1-2-4-5-3-1;;;;;;/h1-11H;1-3H,4H2;1H4;2*1H3;2*1H;/q2*-1;;2*-1;;;+2/p-2. The third kappa shape index (κ3) is 6.38. The second-order valence-electron chi connectivity index (χ2n) is 5.49.